The summed E-state index contributed by atoms with van der Waals surface area (Å²) < 4.78 is 0. The zero-order valence-electron chi connectivity index (χ0n) is 11.0. The average Bonchev–Trinajstić information content (AvgIpc) is 2.76. The molecule has 0 radical (unpaired) electrons. The number of aromatic hydroxyl groups is 1. The SMILES string of the molecule is O=C1NN(c2ccccc2)C(=O)/C1=C\c1cccc(O)c1. The maximum absolute atomic E-state index is 12.3. The van der Waals surface area contributed by atoms with Crippen LogP contribution in [0.5, 0.6) is 5.75 Å². The molecule has 5 heteroatoms. The van der Waals surface area contributed by atoms with E-state index in [2.05, 4.69) is 5.43 Å². The van der Waals surface area contributed by atoms with Crippen molar-refractivity contribution in [3.05, 3.63) is 65.7 Å². The number of nitrogens with one attached hydrogen (secondary N) is 1. The van der Waals surface area contributed by atoms with Crippen molar-refractivity contribution >= 4 is 23.6 Å². The molecule has 1 saturated heterocycles. The fraction of sp³-hybridized carbons (Fsp3) is 0. The van der Waals surface area contributed by atoms with Crippen LogP contribution in [0.3, 0.4) is 0 Å². The Bertz CT molecular complexity index is 738. The van der Waals surface area contributed by atoms with Gasteiger partial charge in [0.05, 0.1) is 5.69 Å². The molecule has 1 aliphatic rings. The van der Waals surface area contributed by atoms with E-state index in [-0.39, 0.29) is 11.3 Å². The first kappa shape index (κ1) is 12.9. The van der Waals surface area contributed by atoms with Crippen molar-refractivity contribution in [1.82, 2.24) is 5.43 Å². The number of rotatable bonds is 2. The molecule has 1 heterocycles. The number of hydrogen-bond donors (Lipinski definition) is 2. The highest BCUT2D eigenvalue weighted by molar-refractivity contribution is 6.31. The van der Waals surface area contributed by atoms with Gasteiger partial charge in [-0.05, 0) is 35.9 Å². The molecule has 104 valence electrons. The molecule has 2 aromatic rings. The van der Waals surface area contributed by atoms with Gasteiger partial charge >= 0.3 is 0 Å². The quantitative estimate of drug-likeness (QED) is 0.651. The lowest BCUT2D eigenvalue weighted by Gasteiger charge is -2.13. The Morgan fingerprint density at radius 2 is 1.76 bits per heavy atom. The van der Waals surface area contributed by atoms with Crippen molar-refractivity contribution in [2.24, 2.45) is 0 Å². The third-order valence-electron chi connectivity index (χ3n) is 3.09. The summed E-state index contributed by atoms with van der Waals surface area (Å²) in [5.74, 6) is -0.808. The first-order valence-electron chi connectivity index (χ1n) is 6.36. The highest BCUT2D eigenvalue weighted by Crippen LogP contribution is 2.22. The van der Waals surface area contributed by atoms with E-state index in [0.29, 0.717) is 11.3 Å². The Balaban J connectivity index is 1.94. The van der Waals surface area contributed by atoms with Gasteiger partial charge in [0, 0.05) is 0 Å². The van der Waals surface area contributed by atoms with Gasteiger partial charge in [-0.2, -0.15) is 0 Å². The van der Waals surface area contributed by atoms with Crippen LogP contribution in [0.1, 0.15) is 5.56 Å². The molecule has 0 unspecified atom stereocenters. The summed E-state index contributed by atoms with van der Waals surface area (Å²) in [6.07, 6.45) is 1.46. The monoisotopic (exact) mass is 280 g/mol. The summed E-state index contributed by atoms with van der Waals surface area (Å²) >= 11 is 0. The summed E-state index contributed by atoms with van der Waals surface area (Å²) in [6, 6.07) is 15.2. The maximum atomic E-state index is 12.3. The Morgan fingerprint density at radius 3 is 2.48 bits per heavy atom. The zero-order valence-corrected chi connectivity index (χ0v) is 11.0. The number of carbonyl (C=O) groups is 2. The number of carbonyl (C=O) groups excluding carboxylic acids is 2. The lowest BCUT2D eigenvalue weighted by molar-refractivity contribution is -0.117. The first-order chi connectivity index (χ1) is 10.1. The molecule has 0 aliphatic carbocycles. The van der Waals surface area contributed by atoms with Crippen LogP contribution in [-0.2, 0) is 9.59 Å². The lowest BCUT2D eigenvalue weighted by atomic mass is 10.1. The van der Waals surface area contributed by atoms with E-state index in [1.807, 2.05) is 6.07 Å². The smallest absolute Gasteiger partial charge is 0.282 e. The minimum atomic E-state index is -0.466. The second kappa shape index (κ2) is 5.13. The second-order valence-electron chi connectivity index (χ2n) is 4.57. The molecule has 2 aromatic carbocycles. The van der Waals surface area contributed by atoms with Crippen LogP contribution >= 0.6 is 0 Å². The van der Waals surface area contributed by atoms with E-state index in [9.17, 15) is 14.7 Å². The lowest BCUT2D eigenvalue weighted by Crippen LogP contribution is -2.35. The second-order valence-corrected chi connectivity index (χ2v) is 4.57. The van der Waals surface area contributed by atoms with Crippen molar-refractivity contribution in [1.29, 1.82) is 0 Å². The molecule has 3 rings (SSSR count). The number of hydrogen-bond acceptors (Lipinski definition) is 3. The number of para-hydroxylation sites is 1. The molecule has 0 bridgehead atoms. The highest BCUT2D eigenvalue weighted by atomic mass is 16.3. The van der Waals surface area contributed by atoms with Gasteiger partial charge in [0.15, 0.2) is 0 Å². The van der Waals surface area contributed by atoms with Crippen LogP contribution in [-0.4, -0.2) is 16.9 Å². The van der Waals surface area contributed by atoms with Crippen molar-refractivity contribution in [3.8, 4) is 5.75 Å². The molecule has 1 aliphatic heterocycles. The number of benzene rings is 2. The number of phenolic OH excluding ortho intramolecular Hbond substituents is 1. The maximum Gasteiger partial charge on any atom is 0.282 e. The van der Waals surface area contributed by atoms with E-state index in [1.165, 1.54) is 23.2 Å². The molecule has 0 aromatic heterocycles. The van der Waals surface area contributed by atoms with E-state index in [4.69, 9.17) is 0 Å². The topological polar surface area (TPSA) is 69.6 Å². The van der Waals surface area contributed by atoms with Crippen LogP contribution < -0.4 is 10.4 Å². The van der Waals surface area contributed by atoms with E-state index < -0.39 is 11.8 Å². The van der Waals surface area contributed by atoms with Crippen molar-refractivity contribution in [3.63, 3.8) is 0 Å². The summed E-state index contributed by atoms with van der Waals surface area (Å²) in [5, 5.41) is 10.6. The van der Waals surface area contributed by atoms with Gasteiger partial charge in [0.25, 0.3) is 11.8 Å². The minimum absolute atomic E-state index is 0.0319. The molecule has 2 amide bonds. The summed E-state index contributed by atoms with van der Waals surface area (Å²) in [7, 11) is 0. The Kier molecular flexibility index (Phi) is 3.16. The van der Waals surface area contributed by atoms with Crippen LogP contribution in [0.25, 0.3) is 6.08 Å². The van der Waals surface area contributed by atoms with E-state index >= 15 is 0 Å². The Hall–Kier alpha value is -3.08. The zero-order chi connectivity index (χ0) is 14.8. The van der Waals surface area contributed by atoms with Gasteiger partial charge in [0.1, 0.15) is 11.3 Å². The van der Waals surface area contributed by atoms with Gasteiger partial charge in [-0.3, -0.25) is 15.0 Å². The fourth-order valence-corrected chi connectivity index (χ4v) is 2.10. The van der Waals surface area contributed by atoms with Crippen LogP contribution in [0.4, 0.5) is 5.69 Å². The molecule has 2 N–H and O–H groups in total. The van der Waals surface area contributed by atoms with E-state index in [1.54, 1.807) is 36.4 Å². The van der Waals surface area contributed by atoms with E-state index in [0.717, 1.165) is 0 Å². The van der Waals surface area contributed by atoms with Gasteiger partial charge in [-0.1, -0.05) is 30.3 Å². The molecule has 0 saturated carbocycles. The van der Waals surface area contributed by atoms with Gasteiger partial charge in [-0.15, -0.1) is 0 Å². The summed E-state index contributed by atoms with van der Waals surface area (Å²) in [4.78, 5) is 24.3. The third kappa shape index (κ3) is 2.49. The minimum Gasteiger partial charge on any atom is -0.508 e. The highest BCUT2D eigenvalue weighted by Gasteiger charge is 2.34. The molecule has 0 atom stereocenters. The number of anilines is 1. The molecule has 5 nitrogen and oxygen atoms in total. The van der Waals surface area contributed by atoms with Crippen molar-refractivity contribution in [2.75, 3.05) is 5.01 Å². The molecule has 0 spiro atoms. The summed E-state index contributed by atoms with van der Waals surface area (Å²) in [6.45, 7) is 0. The van der Waals surface area contributed by atoms with Crippen LogP contribution in [0.15, 0.2) is 60.2 Å². The van der Waals surface area contributed by atoms with Crippen molar-refractivity contribution < 1.29 is 14.7 Å². The number of hydrazine groups is 1. The first-order valence-corrected chi connectivity index (χ1v) is 6.36. The van der Waals surface area contributed by atoms with Gasteiger partial charge in [0.2, 0.25) is 0 Å². The molecular formula is C16H12N2O3. The van der Waals surface area contributed by atoms with Gasteiger partial charge in [-0.25, -0.2) is 5.01 Å². The normalized spacial score (nSPS) is 16.4. The number of nitrogens with zero attached hydrogens (tertiary/aromatic N) is 1. The predicted octanol–water partition coefficient (Wildman–Crippen LogP) is 1.85. The largest absolute Gasteiger partial charge is 0.508 e. The average molecular weight is 280 g/mol. The van der Waals surface area contributed by atoms with Crippen LogP contribution in [0, 0.1) is 0 Å². The van der Waals surface area contributed by atoms with Crippen LogP contribution in [0.2, 0.25) is 0 Å². The third-order valence-corrected chi connectivity index (χ3v) is 3.09. The predicted molar refractivity (Wildman–Crippen MR) is 78.2 cm³/mol. The fourth-order valence-electron chi connectivity index (χ4n) is 2.10. The number of amides is 2. The van der Waals surface area contributed by atoms with Crippen molar-refractivity contribution in [2.45, 2.75) is 0 Å². The standard InChI is InChI=1S/C16H12N2O3/c19-13-8-4-5-11(9-13)10-14-15(20)17-18(16(14)21)12-6-2-1-3-7-12/h1-10,19H,(H,17,20)/b14-10-. The molecule has 1 fully saturated rings. The Morgan fingerprint density at radius 1 is 1.00 bits per heavy atom. The molecule has 21 heavy (non-hydrogen) atoms. The number of phenols is 1. The summed E-state index contributed by atoms with van der Waals surface area (Å²) in [5.41, 5.74) is 3.73. The van der Waals surface area contributed by atoms with Gasteiger partial charge < -0.3 is 5.11 Å². The molecular weight excluding hydrogens is 268 g/mol. The Labute approximate surface area is 121 Å².